The molecule has 1 aromatic rings. The molecule has 1 rings (SSSR count). The minimum atomic E-state index is -3.94. The summed E-state index contributed by atoms with van der Waals surface area (Å²) in [6.07, 6.45) is 0. The number of nitro benzene ring substituents is 1. The molecule has 17 heavy (non-hydrogen) atoms. The molecule has 0 aliphatic carbocycles. The van der Waals surface area contributed by atoms with Gasteiger partial charge in [-0.15, -0.1) is 0 Å². The Bertz CT molecular complexity index is 532. The number of benzene rings is 1. The van der Waals surface area contributed by atoms with Gasteiger partial charge in [-0.25, -0.2) is 13.6 Å². The van der Waals surface area contributed by atoms with Crippen LogP contribution in [0.2, 0.25) is 0 Å². The van der Waals surface area contributed by atoms with Crippen LogP contribution in [0.4, 0.5) is 11.4 Å². The van der Waals surface area contributed by atoms with Gasteiger partial charge >= 0.3 is 0 Å². The third-order valence-corrected chi connectivity index (χ3v) is 3.21. The number of nitrogens with zero attached hydrogens (tertiary/aromatic N) is 1. The highest BCUT2D eigenvalue weighted by molar-refractivity contribution is 9.09. The van der Waals surface area contributed by atoms with Gasteiger partial charge in [-0.05, 0) is 12.1 Å². The van der Waals surface area contributed by atoms with Crippen molar-refractivity contribution in [2.75, 3.05) is 17.2 Å². The highest BCUT2D eigenvalue weighted by Gasteiger charge is 2.18. The number of halogens is 1. The Labute approximate surface area is 106 Å². The van der Waals surface area contributed by atoms with Gasteiger partial charge in [0.15, 0.2) is 0 Å². The predicted octanol–water partition coefficient (Wildman–Crippen LogP) is 1.05. The van der Waals surface area contributed by atoms with Crippen LogP contribution in [0.3, 0.4) is 0 Å². The number of nitrogens with one attached hydrogen (secondary N) is 1. The molecule has 7 nitrogen and oxygen atoms in total. The van der Waals surface area contributed by atoms with Crippen molar-refractivity contribution in [3.8, 4) is 0 Å². The second-order valence-corrected chi connectivity index (χ2v) is 5.45. The molecule has 0 aliphatic rings. The van der Waals surface area contributed by atoms with E-state index in [0.717, 1.165) is 6.07 Å². The van der Waals surface area contributed by atoms with Crippen molar-refractivity contribution in [3.05, 3.63) is 28.3 Å². The van der Waals surface area contributed by atoms with E-state index in [-0.39, 0.29) is 16.3 Å². The van der Waals surface area contributed by atoms with Crippen LogP contribution in [0.25, 0.3) is 0 Å². The molecular formula is C8H10BrN3O4S. The van der Waals surface area contributed by atoms with Crippen LogP contribution in [-0.4, -0.2) is 25.2 Å². The number of anilines is 1. The summed E-state index contributed by atoms with van der Waals surface area (Å²) in [5, 5.41) is 19.1. The zero-order chi connectivity index (χ0) is 13.1. The van der Waals surface area contributed by atoms with Crippen LogP contribution in [0, 0.1) is 10.1 Å². The van der Waals surface area contributed by atoms with Gasteiger partial charge in [-0.3, -0.25) is 10.1 Å². The van der Waals surface area contributed by atoms with Gasteiger partial charge in [-0.1, -0.05) is 15.9 Å². The Morgan fingerprint density at radius 3 is 2.59 bits per heavy atom. The molecule has 0 bridgehead atoms. The molecule has 0 aliphatic heterocycles. The molecule has 3 N–H and O–H groups in total. The van der Waals surface area contributed by atoms with E-state index in [1.54, 1.807) is 0 Å². The lowest BCUT2D eigenvalue weighted by Crippen LogP contribution is -2.13. The van der Waals surface area contributed by atoms with E-state index in [1.807, 2.05) is 0 Å². The normalized spacial score (nSPS) is 11.2. The maximum Gasteiger partial charge on any atom is 0.293 e. The molecule has 0 unspecified atom stereocenters. The van der Waals surface area contributed by atoms with E-state index < -0.39 is 14.9 Å². The topological polar surface area (TPSA) is 115 Å². The molecule has 0 amide bonds. The molecule has 0 saturated heterocycles. The highest BCUT2D eigenvalue weighted by atomic mass is 79.9. The largest absolute Gasteiger partial charge is 0.379 e. The molecule has 9 heteroatoms. The number of alkyl halides is 1. The summed E-state index contributed by atoms with van der Waals surface area (Å²) in [7, 11) is -3.94. The molecule has 1 aromatic carbocycles. The van der Waals surface area contributed by atoms with Crippen molar-refractivity contribution >= 4 is 37.3 Å². The molecular weight excluding hydrogens is 314 g/mol. The monoisotopic (exact) mass is 323 g/mol. The third kappa shape index (κ3) is 3.65. The third-order valence-electron chi connectivity index (χ3n) is 1.90. The summed E-state index contributed by atoms with van der Waals surface area (Å²) in [5.41, 5.74) is -0.0701. The second kappa shape index (κ2) is 5.43. The Balaban J connectivity index is 3.22. The maximum absolute atomic E-state index is 11.1. The summed E-state index contributed by atoms with van der Waals surface area (Å²) in [6.45, 7) is 0.482. The average molecular weight is 324 g/mol. The fraction of sp³-hybridized carbons (Fsp3) is 0.250. The van der Waals surface area contributed by atoms with Gasteiger partial charge in [0, 0.05) is 17.9 Å². The number of hydrogen-bond acceptors (Lipinski definition) is 5. The fourth-order valence-electron chi connectivity index (χ4n) is 1.17. The average Bonchev–Trinajstić information content (AvgIpc) is 2.24. The van der Waals surface area contributed by atoms with Crippen LogP contribution in [-0.2, 0) is 10.0 Å². The van der Waals surface area contributed by atoms with Gasteiger partial charge in [0.2, 0.25) is 10.0 Å². The SMILES string of the molecule is NS(=O)(=O)c1ccc(NCCBr)c([N+](=O)[O-])c1. The number of nitro groups is 1. The summed E-state index contributed by atoms with van der Waals surface area (Å²) >= 11 is 3.17. The molecule has 94 valence electrons. The first-order chi connectivity index (χ1) is 7.86. The summed E-state index contributed by atoms with van der Waals surface area (Å²) in [6, 6.07) is 3.48. The van der Waals surface area contributed by atoms with Crippen molar-refractivity contribution in [3.63, 3.8) is 0 Å². The van der Waals surface area contributed by atoms with Gasteiger partial charge in [0.05, 0.1) is 9.82 Å². The Hall–Kier alpha value is -1.19. The second-order valence-electron chi connectivity index (χ2n) is 3.10. The lowest BCUT2D eigenvalue weighted by molar-refractivity contribution is -0.384. The standard InChI is InChI=1S/C8H10BrN3O4S/c9-3-4-11-7-2-1-6(17(10,15)16)5-8(7)12(13)14/h1-2,5,11H,3-4H2,(H2,10,15,16). The summed E-state index contributed by atoms with van der Waals surface area (Å²) < 4.78 is 22.1. The van der Waals surface area contributed by atoms with Gasteiger partial charge in [0.1, 0.15) is 5.69 Å². The number of hydrogen-bond donors (Lipinski definition) is 2. The van der Waals surface area contributed by atoms with E-state index in [2.05, 4.69) is 21.2 Å². The van der Waals surface area contributed by atoms with Crippen LogP contribution < -0.4 is 10.5 Å². The van der Waals surface area contributed by atoms with Crippen LogP contribution in [0.15, 0.2) is 23.1 Å². The van der Waals surface area contributed by atoms with Crippen molar-refractivity contribution in [2.45, 2.75) is 4.90 Å². The quantitative estimate of drug-likeness (QED) is 0.477. The van der Waals surface area contributed by atoms with Crippen LogP contribution >= 0.6 is 15.9 Å². The lowest BCUT2D eigenvalue weighted by Gasteiger charge is -2.06. The maximum atomic E-state index is 11.1. The van der Waals surface area contributed by atoms with E-state index in [9.17, 15) is 18.5 Å². The van der Waals surface area contributed by atoms with Crippen molar-refractivity contribution in [1.82, 2.24) is 0 Å². The van der Waals surface area contributed by atoms with Gasteiger partial charge in [-0.2, -0.15) is 0 Å². The Morgan fingerprint density at radius 2 is 2.12 bits per heavy atom. The van der Waals surface area contributed by atoms with E-state index >= 15 is 0 Å². The molecule has 0 spiro atoms. The van der Waals surface area contributed by atoms with E-state index in [0.29, 0.717) is 11.9 Å². The molecule has 0 heterocycles. The predicted molar refractivity (Wildman–Crippen MR) is 66.8 cm³/mol. The Morgan fingerprint density at radius 1 is 1.47 bits per heavy atom. The van der Waals surface area contributed by atoms with Crippen molar-refractivity contribution in [1.29, 1.82) is 0 Å². The summed E-state index contributed by atoms with van der Waals surface area (Å²) in [5.74, 6) is 0. The van der Waals surface area contributed by atoms with E-state index in [4.69, 9.17) is 5.14 Å². The number of nitrogens with two attached hydrogens (primary N) is 1. The number of sulfonamides is 1. The van der Waals surface area contributed by atoms with Crippen LogP contribution in [0.1, 0.15) is 0 Å². The Kier molecular flexibility index (Phi) is 4.43. The van der Waals surface area contributed by atoms with E-state index in [1.165, 1.54) is 12.1 Å². The molecule has 0 radical (unpaired) electrons. The van der Waals surface area contributed by atoms with Gasteiger partial charge < -0.3 is 5.32 Å². The van der Waals surface area contributed by atoms with Gasteiger partial charge in [0.25, 0.3) is 5.69 Å². The molecule has 0 fully saturated rings. The first-order valence-corrected chi connectivity index (χ1v) is 7.14. The van der Waals surface area contributed by atoms with Crippen molar-refractivity contribution < 1.29 is 13.3 Å². The smallest absolute Gasteiger partial charge is 0.293 e. The number of primary sulfonamides is 1. The van der Waals surface area contributed by atoms with Crippen molar-refractivity contribution in [2.24, 2.45) is 5.14 Å². The first-order valence-electron chi connectivity index (χ1n) is 4.47. The zero-order valence-electron chi connectivity index (χ0n) is 8.59. The van der Waals surface area contributed by atoms with Crippen LogP contribution in [0.5, 0.6) is 0 Å². The molecule has 0 aromatic heterocycles. The zero-order valence-corrected chi connectivity index (χ0v) is 11.0. The summed E-state index contributed by atoms with van der Waals surface area (Å²) in [4.78, 5) is 9.84. The minimum Gasteiger partial charge on any atom is -0.379 e. The fourth-order valence-corrected chi connectivity index (χ4v) is 1.90. The minimum absolute atomic E-state index is 0.252. The highest BCUT2D eigenvalue weighted by Crippen LogP contribution is 2.26. The lowest BCUT2D eigenvalue weighted by atomic mass is 10.2. The first kappa shape index (κ1) is 13.9. The molecule has 0 atom stereocenters. The molecule has 0 saturated carbocycles. The number of rotatable bonds is 5.